The van der Waals surface area contributed by atoms with E-state index in [2.05, 4.69) is 0 Å². The zero-order chi connectivity index (χ0) is 12.3. The molecule has 2 aromatic rings. The fraction of sp³-hybridized carbons (Fsp3) is 0.267. The van der Waals surface area contributed by atoms with Gasteiger partial charge < -0.3 is 4.74 Å². The predicted octanol–water partition coefficient (Wildman–Crippen LogP) is 3.83. The van der Waals surface area contributed by atoms with E-state index in [1.165, 1.54) is 0 Å². The van der Waals surface area contributed by atoms with Crippen LogP contribution in [0, 0.1) is 0 Å². The van der Waals surface area contributed by atoms with Crippen LogP contribution in [0.4, 0.5) is 0 Å². The molecule has 0 radical (unpaired) electrons. The first-order valence-corrected chi connectivity index (χ1v) is 5.87. The van der Waals surface area contributed by atoms with Crippen molar-refractivity contribution >= 4 is 16.6 Å². The molecule has 0 N–H and O–H groups in total. The summed E-state index contributed by atoms with van der Waals surface area (Å²) in [4.78, 5) is 12.0. The van der Waals surface area contributed by atoms with Gasteiger partial charge in [-0.05, 0) is 23.9 Å². The average molecular weight is 228 g/mol. The van der Waals surface area contributed by atoms with Crippen molar-refractivity contribution in [3.05, 3.63) is 42.0 Å². The van der Waals surface area contributed by atoms with Crippen molar-refractivity contribution in [2.45, 2.75) is 19.8 Å². The molecule has 0 amide bonds. The molecular weight excluding hydrogens is 212 g/mol. The first-order valence-electron chi connectivity index (χ1n) is 5.87. The van der Waals surface area contributed by atoms with Crippen LogP contribution in [0.15, 0.2) is 36.4 Å². The lowest BCUT2D eigenvalue weighted by Crippen LogP contribution is -2.00. The zero-order valence-corrected chi connectivity index (χ0v) is 10.2. The number of carbonyl (C=O) groups excluding carboxylic acids is 1. The van der Waals surface area contributed by atoms with Crippen molar-refractivity contribution in [1.82, 2.24) is 0 Å². The molecule has 0 spiro atoms. The highest BCUT2D eigenvalue weighted by molar-refractivity contribution is 6.09. The van der Waals surface area contributed by atoms with Gasteiger partial charge in [-0.3, -0.25) is 4.79 Å². The third-order valence-electron chi connectivity index (χ3n) is 2.88. The molecule has 2 rings (SSSR count). The lowest BCUT2D eigenvalue weighted by atomic mass is 9.98. The number of hydrogen-bond donors (Lipinski definition) is 0. The highest BCUT2D eigenvalue weighted by Crippen LogP contribution is 2.29. The number of rotatable bonds is 4. The van der Waals surface area contributed by atoms with Gasteiger partial charge >= 0.3 is 0 Å². The molecule has 0 heterocycles. The number of ketones is 1. The van der Waals surface area contributed by atoms with Crippen molar-refractivity contribution < 1.29 is 9.53 Å². The van der Waals surface area contributed by atoms with Gasteiger partial charge in [-0.25, -0.2) is 0 Å². The van der Waals surface area contributed by atoms with E-state index in [4.69, 9.17) is 4.74 Å². The number of Topliss-reactive ketones (excluding diaryl/α,β-unsaturated/α-hetero) is 1. The fourth-order valence-electron chi connectivity index (χ4n) is 2.05. The van der Waals surface area contributed by atoms with Crippen LogP contribution in [0.2, 0.25) is 0 Å². The fourth-order valence-corrected chi connectivity index (χ4v) is 2.05. The average Bonchev–Trinajstić information content (AvgIpc) is 2.37. The minimum absolute atomic E-state index is 0.200. The van der Waals surface area contributed by atoms with Crippen molar-refractivity contribution in [2.75, 3.05) is 7.11 Å². The quantitative estimate of drug-likeness (QED) is 0.743. The van der Waals surface area contributed by atoms with Crippen LogP contribution in [0.25, 0.3) is 10.8 Å². The molecule has 0 bridgehead atoms. The van der Waals surface area contributed by atoms with Crippen molar-refractivity contribution in [1.29, 1.82) is 0 Å². The van der Waals surface area contributed by atoms with Crippen molar-refractivity contribution in [3.8, 4) is 5.75 Å². The summed E-state index contributed by atoms with van der Waals surface area (Å²) in [6, 6.07) is 11.6. The maximum absolute atomic E-state index is 12.0. The molecule has 2 heteroatoms. The van der Waals surface area contributed by atoms with Gasteiger partial charge in [0.25, 0.3) is 0 Å². The van der Waals surface area contributed by atoms with E-state index >= 15 is 0 Å². The van der Waals surface area contributed by atoms with E-state index in [1.807, 2.05) is 43.3 Å². The number of benzene rings is 2. The summed E-state index contributed by atoms with van der Waals surface area (Å²) in [6.45, 7) is 2.02. The zero-order valence-electron chi connectivity index (χ0n) is 10.2. The number of ether oxygens (including phenoxy) is 1. The van der Waals surface area contributed by atoms with E-state index in [9.17, 15) is 4.79 Å². The maximum Gasteiger partial charge on any atom is 0.163 e. The summed E-state index contributed by atoms with van der Waals surface area (Å²) in [7, 11) is 1.65. The Kier molecular flexibility index (Phi) is 3.43. The summed E-state index contributed by atoms with van der Waals surface area (Å²) < 4.78 is 5.31. The largest absolute Gasteiger partial charge is 0.496 e. The van der Waals surface area contributed by atoms with Crippen LogP contribution in [0.1, 0.15) is 30.1 Å². The number of fused-ring (bicyclic) bond motifs is 1. The van der Waals surface area contributed by atoms with Gasteiger partial charge in [-0.2, -0.15) is 0 Å². The topological polar surface area (TPSA) is 26.3 Å². The molecule has 0 aliphatic rings. The number of methoxy groups -OCH3 is 1. The Bertz CT molecular complexity index is 544. The Morgan fingerprint density at radius 1 is 1.12 bits per heavy atom. The van der Waals surface area contributed by atoms with Gasteiger partial charge in [-0.15, -0.1) is 0 Å². The molecule has 0 aromatic heterocycles. The molecule has 0 aliphatic heterocycles. The molecule has 0 saturated carbocycles. The summed E-state index contributed by atoms with van der Waals surface area (Å²) in [5.41, 5.74) is 0.795. The van der Waals surface area contributed by atoms with Gasteiger partial charge in [0.1, 0.15) is 5.75 Å². The van der Waals surface area contributed by atoms with Crippen LogP contribution in [0.5, 0.6) is 5.75 Å². The molecule has 17 heavy (non-hydrogen) atoms. The van der Waals surface area contributed by atoms with Crippen molar-refractivity contribution in [3.63, 3.8) is 0 Å². The first kappa shape index (κ1) is 11.6. The second kappa shape index (κ2) is 5.00. The second-order valence-corrected chi connectivity index (χ2v) is 4.03. The van der Waals surface area contributed by atoms with Crippen LogP contribution < -0.4 is 4.74 Å². The minimum Gasteiger partial charge on any atom is -0.496 e. The first-order chi connectivity index (χ1) is 8.27. The molecule has 0 fully saturated rings. The number of hydrogen-bond acceptors (Lipinski definition) is 2. The van der Waals surface area contributed by atoms with Gasteiger partial charge in [0.05, 0.1) is 7.11 Å². The standard InChI is InChI=1S/C15H16O2/c1-3-6-14(16)12-9-10-15(17-2)13-8-5-4-7-11(12)13/h4-5,7-10H,3,6H2,1-2H3. The smallest absolute Gasteiger partial charge is 0.163 e. The van der Waals surface area contributed by atoms with E-state index in [1.54, 1.807) is 7.11 Å². The Hall–Kier alpha value is -1.83. The summed E-state index contributed by atoms with van der Waals surface area (Å²) in [5.74, 6) is 1.01. The molecule has 0 saturated heterocycles. The van der Waals surface area contributed by atoms with E-state index < -0.39 is 0 Å². The third kappa shape index (κ3) is 2.16. The van der Waals surface area contributed by atoms with E-state index in [-0.39, 0.29) is 5.78 Å². The minimum atomic E-state index is 0.200. The lowest BCUT2D eigenvalue weighted by molar-refractivity contribution is 0.0983. The van der Waals surface area contributed by atoms with Gasteiger partial charge in [0, 0.05) is 17.4 Å². The predicted molar refractivity (Wildman–Crippen MR) is 69.7 cm³/mol. The summed E-state index contributed by atoms with van der Waals surface area (Å²) in [6.07, 6.45) is 1.47. The molecule has 2 aromatic carbocycles. The van der Waals surface area contributed by atoms with Crippen LogP contribution in [-0.2, 0) is 0 Å². The number of carbonyl (C=O) groups is 1. The Morgan fingerprint density at radius 2 is 1.82 bits per heavy atom. The molecule has 2 nitrogen and oxygen atoms in total. The van der Waals surface area contributed by atoms with E-state index in [0.717, 1.165) is 28.5 Å². The maximum atomic E-state index is 12.0. The van der Waals surface area contributed by atoms with E-state index in [0.29, 0.717) is 6.42 Å². The lowest BCUT2D eigenvalue weighted by Gasteiger charge is -2.09. The van der Waals surface area contributed by atoms with Gasteiger partial charge in [-0.1, -0.05) is 31.2 Å². The molecule has 0 unspecified atom stereocenters. The highest BCUT2D eigenvalue weighted by Gasteiger charge is 2.11. The van der Waals surface area contributed by atoms with Gasteiger partial charge in [0.15, 0.2) is 5.78 Å². The molecule has 88 valence electrons. The monoisotopic (exact) mass is 228 g/mol. The Balaban J connectivity index is 2.62. The van der Waals surface area contributed by atoms with Crippen LogP contribution in [-0.4, -0.2) is 12.9 Å². The Morgan fingerprint density at radius 3 is 2.47 bits per heavy atom. The molecular formula is C15H16O2. The third-order valence-corrected chi connectivity index (χ3v) is 2.88. The molecule has 0 aliphatic carbocycles. The van der Waals surface area contributed by atoms with Crippen molar-refractivity contribution in [2.24, 2.45) is 0 Å². The SMILES string of the molecule is CCCC(=O)c1ccc(OC)c2ccccc12. The highest BCUT2D eigenvalue weighted by atomic mass is 16.5. The normalized spacial score (nSPS) is 10.5. The second-order valence-electron chi connectivity index (χ2n) is 4.03. The summed E-state index contributed by atoms with van der Waals surface area (Å²) in [5, 5.41) is 1.97. The van der Waals surface area contributed by atoms with Crippen LogP contribution in [0.3, 0.4) is 0 Å². The summed E-state index contributed by atoms with van der Waals surface area (Å²) >= 11 is 0. The van der Waals surface area contributed by atoms with Crippen LogP contribution >= 0.6 is 0 Å². The molecule has 0 atom stereocenters. The Labute approximate surface area is 101 Å². The van der Waals surface area contributed by atoms with Gasteiger partial charge in [0.2, 0.25) is 0 Å².